The smallest absolute Gasteiger partial charge is 0.153 e. The molecular weight excluding hydrogens is 162 g/mol. The van der Waals surface area contributed by atoms with Gasteiger partial charge in [-0.15, -0.1) is 10.5 Å². The fourth-order valence-electron chi connectivity index (χ4n) is 1.19. The maximum atomic E-state index is 4.36. The Morgan fingerprint density at radius 3 is 2.15 bits per heavy atom. The normalized spacial score (nSPS) is 15.2. The highest BCUT2D eigenvalue weighted by Gasteiger charge is 2.10. The van der Waals surface area contributed by atoms with Crippen molar-refractivity contribution < 1.29 is 0 Å². The molecule has 1 aliphatic rings. The van der Waals surface area contributed by atoms with Crippen LogP contribution in [0.1, 0.15) is 52.4 Å². The van der Waals surface area contributed by atoms with E-state index in [2.05, 4.69) is 29.4 Å². The number of nitrogens with zero attached hydrogens (tertiary/aromatic N) is 3. The molecular formula is C10H18N3. The van der Waals surface area contributed by atoms with E-state index in [1.807, 2.05) is 0 Å². The monoisotopic (exact) mass is 180 g/mol. The zero-order chi connectivity index (χ0) is 9.52. The first-order valence-electron chi connectivity index (χ1n) is 5.22. The molecule has 0 atom stereocenters. The van der Waals surface area contributed by atoms with Crippen LogP contribution in [0.2, 0.25) is 0 Å². The second-order valence-corrected chi connectivity index (χ2v) is 3.35. The number of amidine groups is 2. The van der Waals surface area contributed by atoms with E-state index < -0.39 is 0 Å². The topological polar surface area (TPSA) is 38.8 Å². The van der Waals surface area contributed by atoms with Crippen molar-refractivity contribution in [2.45, 2.75) is 52.4 Å². The highest BCUT2D eigenvalue weighted by Crippen LogP contribution is 2.06. The summed E-state index contributed by atoms with van der Waals surface area (Å²) in [5.74, 6) is 1.85. The van der Waals surface area contributed by atoms with E-state index in [0.717, 1.165) is 24.5 Å². The molecule has 1 aliphatic heterocycles. The molecule has 13 heavy (non-hydrogen) atoms. The summed E-state index contributed by atoms with van der Waals surface area (Å²) in [4.78, 5) is 4.36. The highest BCUT2D eigenvalue weighted by atomic mass is 15.4. The minimum Gasteiger partial charge on any atom is -0.214 e. The number of unbranched alkanes of at least 4 members (excludes halogenated alkanes) is 2. The van der Waals surface area contributed by atoms with Gasteiger partial charge >= 0.3 is 0 Å². The molecule has 0 aromatic carbocycles. The minimum absolute atomic E-state index is 0.924. The molecule has 0 N–H and O–H groups in total. The summed E-state index contributed by atoms with van der Waals surface area (Å²) in [5.41, 5.74) is 4.05. The second-order valence-electron chi connectivity index (χ2n) is 3.35. The summed E-state index contributed by atoms with van der Waals surface area (Å²) in [6.07, 6.45) is 6.68. The van der Waals surface area contributed by atoms with E-state index in [1.54, 1.807) is 0 Å². The highest BCUT2D eigenvalue weighted by molar-refractivity contribution is 6.00. The molecule has 0 aliphatic carbocycles. The van der Waals surface area contributed by atoms with Gasteiger partial charge in [-0.3, -0.25) is 0 Å². The summed E-state index contributed by atoms with van der Waals surface area (Å²) in [5, 5.41) is 4.05. The van der Waals surface area contributed by atoms with Crippen LogP contribution in [0.15, 0.2) is 10.1 Å². The molecule has 0 spiro atoms. The lowest BCUT2D eigenvalue weighted by atomic mass is 10.2. The van der Waals surface area contributed by atoms with Crippen LogP contribution in [-0.2, 0) is 0 Å². The van der Waals surface area contributed by atoms with Gasteiger partial charge in [-0.2, -0.15) is 0 Å². The minimum atomic E-state index is 0.924. The summed E-state index contributed by atoms with van der Waals surface area (Å²) in [7, 11) is 0. The van der Waals surface area contributed by atoms with Gasteiger partial charge in [-0.1, -0.05) is 26.7 Å². The molecule has 73 valence electrons. The summed E-state index contributed by atoms with van der Waals surface area (Å²) < 4.78 is 0. The van der Waals surface area contributed by atoms with Crippen LogP contribution >= 0.6 is 0 Å². The fraction of sp³-hybridized carbons (Fsp3) is 0.800. The van der Waals surface area contributed by atoms with Crippen LogP contribution in [0.4, 0.5) is 0 Å². The largest absolute Gasteiger partial charge is 0.214 e. The lowest BCUT2D eigenvalue weighted by Gasteiger charge is -1.93. The van der Waals surface area contributed by atoms with Crippen LogP contribution < -0.4 is 5.43 Å². The van der Waals surface area contributed by atoms with Crippen LogP contribution in [0.5, 0.6) is 0 Å². The Balaban J connectivity index is 2.24. The van der Waals surface area contributed by atoms with Crippen molar-refractivity contribution in [3.63, 3.8) is 0 Å². The summed E-state index contributed by atoms with van der Waals surface area (Å²) >= 11 is 0. The van der Waals surface area contributed by atoms with Crippen LogP contribution in [0, 0.1) is 0 Å². The fourth-order valence-corrected chi connectivity index (χ4v) is 1.19. The molecule has 3 nitrogen and oxygen atoms in total. The van der Waals surface area contributed by atoms with E-state index in [1.165, 1.54) is 25.7 Å². The summed E-state index contributed by atoms with van der Waals surface area (Å²) in [6, 6.07) is 0. The third-order valence-corrected chi connectivity index (χ3v) is 2.05. The molecule has 0 saturated heterocycles. The number of rotatable bonds is 6. The van der Waals surface area contributed by atoms with E-state index >= 15 is 0 Å². The second kappa shape index (κ2) is 5.73. The van der Waals surface area contributed by atoms with E-state index in [4.69, 9.17) is 0 Å². The average molecular weight is 180 g/mol. The molecule has 0 fully saturated rings. The van der Waals surface area contributed by atoms with Gasteiger partial charge in [0.25, 0.3) is 0 Å². The molecule has 0 unspecified atom stereocenters. The molecule has 0 saturated carbocycles. The zero-order valence-electron chi connectivity index (χ0n) is 8.58. The van der Waals surface area contributed by atoms with Gasteiger partial charge in [0.15, 0.2) is 11.7 Å². The third kappa shape index (κ3) is 3.57. The van der Waals surface area contributed by atoms with Gasteiger partial charge in [0, 0.05) is 12.8 Å². The first-order valence-corrected chi connectivity index (χ1v) is 5.22. The van der Waals surface area contributed by atoms with E-state index in [9.17, 15) is 0 Å². The van der Waals surface area contributed by atoms with Crippen molar-refractivity contribution in [3.05, 3.63) is 0 Å². The molecule has 3 heteroatoms. The molecule has 1 radical (unpaired) electrons. The lowest BCUT2D eigenvalue weighted by Crippen LogP contribution is -2.04. The predicted molar refractivity (Wildman–Crippen MR) is 56.1 cm³/mol. The molecule has 1 heterocycles. The standard InChI is InChI=1S/C10H18N3/c1-3-5-7-9-11-10(13-12-9)8-6-4-2/h3-8H2,1-2H3. The van der Waals surface area contributed by atoms with Crippen LogP contribution in [0.25, 0.3) is 0 Å². The molecule has 0 aromatic heterocycles. The number of aliphatic imine (C=N–C) groups is 1. The SMILES string of the molecule is CCCCC1=NC(CCCC)=N[N]1. The Labute approximate surface area is 80.3 Å². The van der Waals surface area contributed by atoms with E-state index in [-0.39, 0.29) is 0 Å². The Bertz CT molecular complexity index is 206. The van der Waals surface area contributed by atoms with Crippen molar-refractivity contribution in [1.29, 1.82) is 0 Å². The summed E-state index contributed by atoms with van der Waals surface area (Å²) in [6.45, 7) is 4.35. The van der Waals surface area contributed by atoms with Crippen molar-refractivity contribution in [1.82, 2.24) is 5.43 Å². The van der Waals surface area contributed by atoms with Gasteiger partial charge in [-0.25, -0.2) is 4.99 Å². The van der Waals surface area contributed by atoms with Gasteiger partial charge in [0.2, 0.25) is 0 Å². The molecule has 0 bridgehead atoms. The van der Waals surface area contributed by atoms with Crippen molar-refractivity contribution in [2.24, 2.45) is 10.1 Å². The number of hydrogen-bond acceptors (Lipinski definition) is 2. The Morgan fingerprint density at radius 1 is 0.923 bits per heavy atom. The molecule has 0 aromatic rings. The van der Waals surface area contributed by atoms with Gasteiger partial charge in [0.1, 0.15) is 0 Å². The van der Waals surface area contributed by atoms with Gasteiger partial charge in [-0.05, 0) is 12.8 Å². The zero-order valence-corrected chi connectivity index (χ0v) is 8.58. The Kier molecular flexibility index (Phi) is 4.50. The van der Waals surface area contributed by atoms with E-state index in [0.29, 0.717) is 0 Å². The quantitative estimate of drug-likeness (QED) is 0.603. The molecule has 0 amide bonds. The average Bonchev–Trinajstić information content (AvgIpc) is 2.59. The van der Waals surface area contributed by atoms with Crippen LogP contribution in [-0.4, -0.2) is 11.7 Å². The number of hydrogen-bond donors (Lipinski definition) is 0. The van der Waals surface area contributed by atoms with Gasteiger partial charge < -0.3 is 0 Å². The van der Waals surface area contributed by atoms with Crippen molar-refractivity contribution >= 4 is 11.7 Å². The third-order valence-electron chi connectivity index (χ3n) is 2.05. The van der Waals surface area contributed by atoms with Crippen molar-refractivity contribution in [2.75, 3.05) is 0 Å². The van der Waals surface area contributed by atoms with Crippen molar-refractivity contribution in [3.8, 4) is 0 Å². The van der Waals surface area contributed by atoms with Gasteiger partial charge in [0.05, 0.1) is 0 Å². The first kappa shape index (κ1) is 10.2. The molecule has 1 rings (SSSR count). The lowest BCUT2D eigenvalue weighted by molar-refractivity contribution is 0.812. The maximum absolute atomic E-state index is 4.36. The van der Waals surface area contributed by atoms with Crippen LogP contribution in [0.3, 0.4) is 0 Å². The Morgan fingerprint density at radius 2 is 1.54 bits per heavy atom. The first-order chi connectivity index (χ1) is 6.36. The maximum Gasteiger partial charge on any atom is 0.153 e. The predicted octanol–water partition coefficient (Wildman–Crippen LogP) is 2.70. The Hall–Kier alpha value is -0.860.